The molecule has 0 aromatic heterocycles. The van der Waals surface area contributed by atoms with Gasteiger partial charge in [-0.15, -0.1) is 0 Å². The maximum atomic E-state index is 14.3. The molecule has 0 radical (unpaired) electrons. The van der Waals surface area contributed by atoms with Gasteiger partial charge in [0.15, 0.2) is 0 Å². The van der Waals surface area contributed by atoms with Crippen LogP contribution in [0, 0.1) is 6.92 Å². The summed E-state index contributed by atoms with van der Waals surface area (Å²) in [6, 6.07) is 6.65. The van der Waals surface area contributed by atoms with E-state index in [4.69, 9.17) is 49.2 Å². The van der Waals surface area contributed by atoms with E-state index in [0.717, 1.165) is 12.1 Å². The highest BCUT2D eigenvalue weighted by molar-refractivity contribution is 6.48. The molecule has 35 heavy (non-hydrogen) atoms. The Morgan fingerprint density at radius 3 is 2.43 bits per heavy atom. The Hall–Kier alpha value is -2.69. The highest BCUT2D eigenvalue weighted by Crippen LogP contribution is 2.50. The van der Waals surface area contributed by atoms with Gasteiger partial charge in [-0.3, -0.25) is 4.79 Å². The molecule has 2 aliphatic rings. The van der Waals surface area contributed by atoms with Crippen LogP contribution in [0.15, 0.2) is 40.6 Å². The van der Waals surface area contributed by atoms with Gasteiger partial charge in [-0.1, -0.05) is 46.0 Å². The molecular weight excluding hydrogens is 534 g/mol. The molecule has 2 heterocycles. The zero-order valence-electron chi connectivity index (χ0n) is 18.2. The lowest BCUT2D eigenvalue weighted by molar-refractivity contribution is -0.275. The summed E-state index contributed by atoms with van der Waals surface area (Å²) in [7, 11) is 1.44. The number of hydrogen-bond donors (Lipinski definition) is 1. The lowest BCUT2D eigenvalue weighted by Gasteiger charge is -2.30. The Balaban J connectivity index is 1.56. The van der Waals surface area contributed by atoms with E-state index < -0.39 is 30.3 Å². The number of rotatable bonds is 4. The molecule has 4 rings (SSSR count). The molecule has 2 unspecified atom stereocenters. The smallest absolute Gasteiger partial charge is 0.435 e. The minimum Gasteiger partial charge on any atom is -0.482 e. The molecule has 13 heteroatoms. The van der Waals surface area contributed by atoms with Crippen molar-refractivity contribution < 1.29 is 32.4 Å². The van der Waals surface area contributed by atoms with Crippen LogP contribution >= 0.6 is 34.8 Å². The molecule has 2 atom stereocenters. The lowest BCUT2D eigenvalue weighted by atomic mass is 9.86. The number of amides is 1. The van der Waals surface area contributed by atoms with Gasteiger partial charge in [-0.05, 0) is 47.5 Å². The maximum absolute atomic E-state index is 14.3. The molecule has 1 amide bonds. The quantitative estimate of drug-likeness (QED) is 0.476. The second kappa shape index (κ2) is 9.40. The number of halogens is 6. The van der Waals surface area contributed by atoms with Crippen molar-refractivity contribution in [1.29, 1.82) is 0 Å². The predicted molar refractivity (Wildman–Crippen MR) is 124 cm³/mol. The van der Waals surface area contributed by atoms with Crippen molar-refractivity contribution in [2.45, 2.75) is 37.8 Å². The fourth-order valence-electron chi connectivity index (χ4n) is 3.72. The first-order valence-electron chi connectivity index (χ1n) is 10.1. The average Bonchev–Trinajstić information content (AvgIpc) is 3.44. The first-order valence-corrected chi connectivity index (χ1v) is 11.2. The van der Waals surface area contributed by atoms with E-state index in [0.29, 0.717) is 22.6 Å². The summed E-state index contributed by atoms with van der Waals surface area (Å²) in [5, 5.41) is 9.72. The van der Waals surface area contributed by atoms with Gasteiger partial charge >= 0.3 is 6.18 Å². The highest BCUT2D eigenvalue weighted by atomic mass is 35.5. The molecule has 186 valence electrons. The Bertz CT molecular complexity index is 1230. The van der Waals surface area contributed by atoms with Crippen LogP contribution in [0.5, 0.6) is 0 Å². The summed E-state index contributed by atoms with van der Waals surface area (Å²) in [6.45, 7) is 1.65. The first kappa shape index (κ1) is 25.4. The number of methoxy groups -OCH3 is 1. The van der Waals surface area contributed by atoms with Crippen molar-refractivity contribution in [3.8, 4) is 0 Å². The summed E-state index contributed by atoms with van der Waals surface area (Å²) >= 11 is 17.8. The fraction of sp³-hybridized carbons (Fsp3) is 0.318. The average molecular weight is 551 g/mol. The van der Waals surface area contributed by atoms with Crippen molar-refractivity contribution >= 4 is 52.3 Å². The minimum absolute atomic E-state index is 0.0387. The second-order valence-electron chi connectivity index (χ2n) is 7.88. The van der Waals surface area contributed by atoms with Gasteiger partial charge in [0.05, 0.1) is 34.3 Å². The van der Waals surface area contributed by atoms with Crippen LogP contribution in [0.2, 0.25) is 15.1 Å². The van der Waals surface area contributed by atoms with Crippen LogP contribution in [-0.4, -0.2) is 37.0 Å². The van der Waals surface area contributed by atoms with E-state index in [1.54, 1.807) is 13.0 Å². The number of oxime groups is 2. The molecule has 0 aliphatic carbocycles. The van der Waals surface area contributed by atoms with Crippen molar-refractivity contribution in [3.05, 3.63) is 67.7 Å². The van der Waals surface area contributed by atoms with E-state index in [2.05, 4.69) is 15.6 Å². The van der Waals surface area contributed by atoms with E-state index in [1.165, 1.54) is 19.2 Å². The second-order valence-corrected chi connectivity index (χ2v) is 9.07. The van der Waals surface area contributed by atoms with E-state index in [1.807, 2.05) is 0 Å². The monoisotopic (exact) mass is 549 g/mol. The van der Waals surface area contributed by atoms with E-state index >= 15 is 0 Å². The lowest BCUT2D eigenvalue weighted by Crippen LogP contribution is -2.42. The fourth-order valence-corrected chi connectivity index (χ4v) is 4.32. The van der Waals surface area contributed by atoms with Crippen LogP contribution in [0.25, 0.3) is 0 Å². The van der Waals surface area contributed by atoms with Gasteiger partial charge in [0.2, 0.25) is 12.1 Å². The summed E-state index contributed by atoms with van der Waals surface area (Å²) in [6.07, 6.45) is -5.90. The molecule has 1 N–H and O–H groups in total. The summed E-state index contributed by atoms with van der Waals surface area (Å²) < 4.78 is 47.7. The number of nitrogens with zero attached hydrogens (tertiary/aromatic N) is 2. The molecule has 0 saturated carbocycles. The standard InChI is InChI=1S/C22H17Cl3F3N3O4/c1-10-5-11(3-4-13(10)20(32)29-17-8-18(33-2)31-34-17)16-9-21(35-30-16,22(26,27)28)12-6-14(23)19(25)15(24)7-12/h3-7,17H,8-9H2,1-2H3,(H,29,32). The van der Waals surface area contributed by atoms with Gasteiger partial charge in [-0.2, -0.15) is 13.2 Å². The molecule has 2 aromatic rings. The number of carbonyl (C=O) groups is 1. The SMILES string of the molecule is COC1=NOC(NC(=O)c2ccc(C3=NOC(c4cc(Cl)c(Cl)c(Cl)c4)(C(F)(F)F)C3)cc2C)C1. The number of hydrogen-bond acceptors (Lipinski definition) is 6. The molecule has 2 aliphatic heterocycles. The molecule has 0 saturated heterocycles. The third-order valence-electron chi connectivity index (χ3n) is 5.61. The molecular formula is C22H17Cl3F3N3O4. The number of aryl methyl sites for hydroxylation is 1. The maximum Gasteiger partial charge on any atom is 0.435 e. The highest BCUT2D eigenvalue weighted by Gasteiger charge is 2.62. The van der Waals surface area contributed by atoms with Gasteiger partial charge in [0.25, 0.3) is 11.5 Å². The van der Waals surface area contributed by atoms with E-state index in [9.17, 15) is 18.0 Å². The van der Waals surface area contributed by atoms with Gasteiger partial charge in [0.1, 0.15) is 0 Å². The summed E-state index contributed by atoms with van der Waals surface area (Å²) in [4.78, 5) is 22.7. The van der Waals surface area contributed by atoms with Crippen LogP contribution < -0.4 is 5.32 Å². The van der Waals surface area contributed by atoms with Crippen molar-refractivity contribution in [2.75, 3.05) is 7.11 Å². The topological polar surface area (TPSA) is 81.5 Å². The van der Waals surface area contributed by atoms with Crippen molar-refractivity contribution in [3.63, 3.8) is 0 Å². The largest absolute Gasteiger partial charge is 0.482 e. The Kier molecular flexibility index (Phi) is 6.82. The van der Waals surface area contributed by atoms with Crippen LogP contribution in [0.1, 0.15) is 39.9 Å². The van der Waals surface area contributed by atoms with Gasteiger partial charge in [0, 0.05) is 17.5 Å². The normalized spacial score (nSPS) is 21.7. The number of alkyl halides is 3. The van der Waals surface area contributed by atoms with Gasteiger partial charge < -0.3 is 19.7 Å². The molecule has 0 spiro atoms. The Morgan fingerprint density at radius 1 is 1.17 bits per heavy atom. The van der Waals surface area contributed by atoms with Crippen LogP contribution in [0.3, 0.4) is 0 Å². The number of nitrogens with one attached hydrogen (secondary N) is 1. The van der Waals surface area contributed by atoms with Crippen molar-refractivity contribution in [1.82, 2.24) is 5.32 Å². The van der Waals surface area contributed by atoms with Crippen LogP contribution in [0.4, 0.5) is 13.2 Å². The zero-order chi connectivity index (χ0) is 25.5. The molecule has 0 bridgehead atoms. The number of carbonyl (C=O) groups excluding carboxylic acids is 1. The summed E-state index contributed by atoms with van der Waals surface area (Å²) in [5.74, 6) is -0.0932. The zero-order valence-corrected chi connectivity index (χ0v) is 20.4. The predicted octanol–water partition coefficient (Wildman–Crippen LogP) is 5.97. The summed E-state index contributed by atoms with van der Waals surface area (Å²) in [5.41, 5.74) is -1.92. The number of ether oxygens (including phenoxy) is 1. The van der Waals surface area contributed by atoms with Crippen molar-refractivity contribution in [2.24, 2.45) is 10.3 Å². The number of benzene rings is 2. The Morgan fingerprint density at radius 2 is 1.86 bits per heavy atom. The van der Waals surface area contributed by atoms with Crippen LogP contribution in [-0.2, 0) is 20.0 Å². The molecule has 2 aromatic carbocycles. The third-order valence-corrected chi connectivity index (χ3v) is 6.81. The van der Waals surface area contributed by atoms with Gasteiger partial charge in [-0.25, -0.2) is 0 Å². The minimum atomic E-state index is -4.85. The first-order chi connectivity index (χ1) is 16.4. The van der Waals surface area contributed by atoms with E-state index in [-0.39, 0.29) is 32.8 Å². The molecule has 7 nitrogen and oxygen atoms in total. The molecule has 0 fully saturated rings. The Labute approximate surface area is 212 Å². The third kappa shape index (κ3) is 4.74.